The van der Waals surface area contributed by atoms with Gasteiger partial charge in [0.15, 0.2) is 0 Å². The van der Waals surface area contributed by atoms with Crippen molar-refractivity contribution in [2.45, 2.75) is 33.2 Å². The number of anilines is 1. The Morgan fingerprint density at radius 2 is 2.18 bits per heavy atom. The summed E-state index contributed by atoms with van der Waals surface area (Å²) >= 11 is 0. The van der Waals surface area contributed by atoms with E-state index in [1.807, 2.05) is 17.9 Å². The van der Waals surface area contributed by atoms with E-state index in [2.05, 4.69) is 42.3 Å². The van der Waals surface area contributed by atoms with Crippen LogP contribution in [-0.2, 0) is 7.05 Å². The van der Waals surface area contributed by atoms with Gasteiger partial charge in [0.1, 0.15) is 0 Å². The Kier molecular flexibility index (Phi) is 3.43. The number of aryl methyl sites for hydroxylation is 1. The first kappa shape index (κ1) is 12.4. The zero-order valence-electron chi connectivity index (χ0n) is 11.4. The van der Waals surface area contributed by atoms with Crippen molar-refractivity contribution >= 4 is 5.69 Å². The normalized spacial score (nSPS) is 22.6. The molecule has 0 bridgehead atoms. The third-order valence-electron chi connectivity index (χ3n) is 3.50. The Hall–Kier alpha value is -1.03. The molecule has 0 saturated carbocycles. The summed E-state index contributed by atoms with van der Waals surface area (Å²) < 4.78 is 1.87. The summed E-state index contributed by atoms with van der Waals surface area (Å²) in [6, 6.07) is 0.533. The lowest BCUT2D eigenvalue weighted by Gasteiger charge is -2.34. The van der Waals surface area contributed by atoms with Crippen LogP contribution in [0, 0.1) is 5.41 Å². The smallest absolute Gasteiger partial charge is 0.0752 e. The molecule has 0 aromatic carbocycles. The van der Waals surface area contributed by atoms with Gasteiger partial charge in [-0.15, -0.1) is 0 Å². The molecule has 96 valence electrons. The van der Waals surface area contributed by atoms with Crippen LogP contribution in [0.4, 0.5) is 5.69 Å². The molecule has 1 atom stereocenters. The number of nitrogens with zero attached hydrogens (tertiary/aromatic N) is 3. The van der Waals surface area contributed by atoms with Gasteiger partial charge in [-0.1, -0.05) is 20.8 Å². The van der Waals surface area contributed by atoms with Crippen molar-refractivity contribution in [2.75, 3.05) is 24.5 Å². The van der Waals surface area contributed by atoms with Crippen LogP contribution in [0.2, 0.25) is 0 Å². The van der Waals surface area contributed by atoms with Crippen LogP contribution in [0.25, 0.3) is 0 Å². The first-order valence-corrected chi connectivity index (χ1v) is 6.44. The molecule has 4 nitrogen and oxygen atoms in total. The summed E-state index contributed by atoms with van der Waals surface area (Å²) in [6.07, 6.45) is 5.26. The Morgan fingerprint density at radius 3 is 2.76 bits per heavy atom. The van der Waals surface area contributed by atoms with E-state index in [0.29, 0.717) is 11.5 Å². The van der Waals surface area contributed by atoms with E-state index in [0.717, 1.165) is 19.6 Å². The Labute approximate surface area is 104 Å². The molecule has 1 unspecified atom stereocenters. The molecular formula is C13H24N4. The van der Waals surface area contributed by atoms with Gasteiger partial charge in [0.05, 0.1) is 11.9 Å². The highest BCUT2D eigenvalue weighted by Crippen LogP contribution is 2.24. The second-order valence-corrected chi connectivity index (χ2v) is 6.04. The molecule has 1 aromatic rings. The van der Waals surface area contributed by atoms with Crippen LogP contribution < -0.4 is 10.2 Å². The molecular weight excluding hydrogens is 212 g/mol. The maximum absolute atomic E-state index is 4.26. The van der Waals surface area contributed by atoms with Gasteiger partial charge in [-0.05, 0) is 18.4 Å². The van der Waals surface area contributed by atoms with Crippen molar-refractivity contribution in [2.24, 2.45) is 12.5 Å². The molecule has 4 heteroatoms. The van der Waals surface area contributed by atoms with E-state index in [1.165, 1.54) is 12.1 Å². The lowest BCUT2D eigenvalue weighted by Crippen LogP contribution is -2.46. The van der Waals surface area contributed by atoms with Crippen LogP contribution in [0.1, 0.15) is 27.2 Å². The van der Waals surface area contributed by atoms with Gasteiger partial charge < -0.3 is 10.2 Å². The van der Waals surface area contributed by atoms with Crippen molar-refractivity contribution in [3.8, 4) is 0 Å². The number of hydrogen-bond donors (Lipinski definition) is 1. The number of aromatic nitrogens is 2. The van der Waals surface area contributed by atoms with Crippen molar-refractivity contribution < 1.29 is 0 Å². The molecule has 1 aliphatic rings. The second-order valence-electron chi connectivity index (χ2n) is 6.04. The first-order chi connectivity index (χ1) is 7.97. The third-order valence-corrected chi connectivity index (χ3v) is 3.50. The number of nitrogens with one attached hydrogen (secondary N) is 1. The minimum absolute atomic E-state index is 0.296. The van der Waals surface area contributed by atoms with Crippen LogP contribution >= 0.6 is 0 Å². The molecule has 1 saturated heterocycles. The van der Waals surface area contributed by atoms with Gasteiger partial charge in [0, 0.05) is 32.4 Å². The fourth-order valence-electron chi connectivity index (χ4n) is 2.31. The van der Waals surface area contributed by atoms with Crippen LogP contribution in [-0.4, -0.2) is 35.5 Å². The fraction of sp³-hybridized carbons (Fsp3) is 0.769. The van der Waals surface area contributed by atoms with Gasteiger partial charge in [-0.2, -0.15) is 5.10 Å². The van der Waals surface area contributed by atoms with Crippen LogP contribution in [0.15, 0.2) is 12.4 Å². The molecule has 17 heavy (non-hydrogen) atoms. The largest absolute Gasteiger partial charge is 0.367 e. The molecule has 0 radical (unpaired) electrons. The average Bonchev–Trinajstić information content (AvgIpc) is 2.53. The molecule has 0 spiro atoms. The van der Waals surface area contributed by atoms with E-state index in [4.69, 9.17) is 0 Å². The molecule has 1 N–H and O–H groups in total. The zero-order chi connectivity index (χ0) is 12.5. The Balaban J connectivity index is 2.12. The van der Waals surface area contributed by atoms with Crippen molar-refractivity contribution in [1.29, 1.82) is 0 Å². The molecule has 2 heterocycles. The molecule has 0 amide bonds. The first-order valence-electron chi connectivity index (χ1n) is 6.44. The summed E-state index contributed by atoms with van der Waals surface area (Å²) in [4.78, 5) is 2.45. The van der Waals surface area contributed by atoms with Crippen molar-refractivity contribution in [3.05, 3.63) is 12.4 Å². The molecule has 1 fully saturated rings. The van der Waals surface area contributed by atoms with Gasteiger partial charge in [0.2, 0.25) is 0 Å². The minimum atomic E-state index is 0.296. The van der Waals surface area contributed by atoms with Gasteiger partial charge in [-0.25, -0.2) is 0 Å². The Bertz CT molecular complexity index is 364. The van der Waals surface area contributed by atoms with Gasteiger partial charge in [-0.3, -0.25) is 4.68 Å². The van der Waals surface area contributed by atoms with E-state index in [9.17, 15) is 0 Å². The third kappa shape index (κ3) is 3.00. The zero-order valence-corrected chi connectivity index (χ0v) is 11.4. The van der Waals surface area contributed by atoms with Gasteiger partial charge >= 0.3 is 0 Å². The topological polar surface area (TPSA) is 33.1 Å². The summed E-state index contributed by atoms with van der Waals surface area (Å²) in [5.74, 6) is 0. The summed E-state index contributed by atoms with van der Waals surface area (Å²) in [5.41, 5.74) is 1.54. The van der Waals surface area contributed by atoms with E-state index >= 15 is 0 Å². The highest BCUT2D eigenvalue weighted by Gasteiger charge is 2.28. The van der Waals surface area contributed by atoms with Crippen molar-refractivity contribution in [1.82, 2.24) is 15.1 Å². The summed E-state index contributed by atoms with van der Waals surface area (Å²) in [7, 11) is 1.97. The maximum Gasteiger partial charge on any atom is 0.0752 e. The van der Waals surface area contributed by atoms with Crippen molar-refractivity contribution in [3.63, 3.8) is 0 Å². The average molecular weight is 236 g/mol. The lowest BCUT2D eigenvalue weighted by molar-refractivity contribution is 0.280. The Morgan fingerprint density at radius 1 is 1.41 bits per heavy atom. The van der Waals surface area contributed by atoms with E-state index in [-0.39, 0.29) is 0 Å². The maximum atomic E-state index is 4.26. The highest BCUT2D eigenvalue weighted by molar-refractivity contribution is 5.42. The summed E-state index contributed by atoms with van der Waals surface area (Å²) in [6.45, 7) is 10.2. The molecule has 2 rings (SSSR count). The molecule has 0 aliphatic carbocycles. The predicted molar refractivity (Wildman–Crippen MR) is 71.3 cm³/mol. The monoisotopic (exact) mass is 236 g/mol. The number of rotatable bonds is 1. The highest BCUT2D eigenvalue weighted by atomic mass is 15.3. The number of hydrogen-bond acceptors (Lipinski definition) is 3. The molecule has 1 aliphatic heterocycles. The lowest BCUT2D eigenvalue weighted by atomic mass is 9.86. The van der Waals surface area contributed by atoms with Crippen LogP contribution in [0.3, 0.4) is 0 Å². The van der Waals surface area contributed by atoms with E-state index in [1.54, 1.807) is 0 Å². The predicted octanol–water partition coefficient (Wildman–Crippen LogP) is 1.63. The second kappa shape index (κ2) is 4.69. The minimum Gasteiger partial charge on any atom is -0.367 e. The summed E-state index contributed by atoms with van der Waals surface area (Å²) in [5, 5.41) is 7.92. The van der Waals surface area contributed by atoms with Gasteiger partial charge in [0.25, 0.3) is 0 Å². The van der Waals surface area contributed by atoms with E-state index < -0.39 is 0 Å². The quantitative estimate of drug-likeness (QED) is 0.804. The standard InChI is InChI=1S/C13H24N4/c1-13(2,3)12-10-17(7-5-6-14-12)11-8-15-16(4)9-11/h8-9,12,14H,5-7,10H2,1-4H3. The SMILES string of the molecule is Cn1cc(N2CCCNC(C(C)(C)C)C2)cn1. The fourth-order valence-corrected chi connectivity index (χ4v) is 2.31. The van der Waals surface area contributed by atoms with Crippen LogP contribution in [0.5, 0.6) is 0 Å². The molecule has 1 aromatic heterocycles.